The van der Waals surface area contributed by atoms with Crippen molar-refractivity contribution in [1.29, 1.82) is 0 Å². The van der Waals surface area contributed by atoms with Crippen molar-refractivity contribution in [1.82, 2.24) is 4.90 Å². The minimum atomic E-state index is -0.333. The highest BCUT2D eigenvalue weighted by atomic mass is 32.2. The van der Waals surface area contributed by atoms with Gasteiger partial charge in [-0.2, -0.15) is 11.8 Å². The summed E-state index contributed by atoms with van der Waals surface area (Å²) in [6.07, 6.45) is 6.09. The third-order valence-electron chi connectivity index (χ3n) is 4.22. The van der Waals surface area contributed by atoms with Crippen LogP contribution in [0.5, 0.6) is 0 Å². The smallest absolute Gasteiger partial charge is 0.230 e. The summed E-state index contributed by atoms with van der Waals surface area (Å²) in [5, 5.41) is 0. The second kappa shape index (κ2) is 6.10. The third kappa shape index (κ3) is 2.97. The maximum Gasteiger partial charge on any atom is 0.230 e. The van der Waals surface area contributed by atoms with Crippen molar-refractivity contribution in [2.45, 2.75) is 51.6 Å². The molecule has 4 heteroatoms. The molecule has 100 valence electrons. The lowest BCUT2D eigenvalue weighted by molar-refractivity contribution is -0.142. The Labute approximate surface area is 109 Å². The maximum absolute atomic E-state index is 12.6. The van der Waals surface area contributed by atoms with Gasteiger partial charge in [-0.15, -0.1) is 0 Å². The standard InChI is InChI=1S/C13H26N2OS/c1-5-10(9-17-4)15(3)12(16)13(2)8-6-7-11(13)14/h10-11H,5-9,14H2,1-4H3. The van der Waals surface area contributed by atoms with Crippen molar-refractivity contribution in [2.24, 2.45) is 11.1 Å². The number of amides is 1. The molecule has 17 heavy (non-hydrogen) atoms. The average molecular weight is 258 g/mol. The van der Waals surface area contributed by atoms with Gasteiger partial charge in [-0.05, 0) is 32.4 Å². The van der Waals surface area contributed by atoms with Gasteiger partial charge in [0.25, 0.3) is 0 Å². The van der Waals surface area contributed by atoms with E-state index in [1.54, 1.807) is 11.8 Å². The van der Waals surface area contributed by atoms with Crippen LogP contribution in [0.2, 0.25) is 0 Å². The van der Waals surface area contributed by atoms with Crippen molar-refractivity contribution in [3.05, 3.63) is 0 Å². The Morgan fingerprint density at radius 3 is 2.71 bits per heavy atom. The molecule has 2 N–H and O–H groups in total. The zero-order chi connectivity index (χ0) is 13.1. The number of hydrogen-bond donors (Lipinski definition) is 1. The van der Waals surface area contributed by atoms with E-state index in [9.17, 15) is 4.79 Å². The lowest BCUT2D eigenvalue weighted by Gasteiger charge is -2.36. The predicted molar refractivity (Wildman–Crippen MR) is 75.2 cm³/mol. The molecule has 0 aromatic carbocycles. The quantitative estimate of drug-likeness (QED) is 0.821. The molecule has 0 heterocycles. The average Bonchev–Trinajstić information content (AvgIpc) is 2.66. The fourth-order valence-electron chi connectivity index (χ4n) is 2.72. The van der Waals surface area contributed by atoms with Gasteiger partial charge >= 0.3 is 0 Å². The summed E-state index contributed by atoms with van der Waals surface area (Å²) in [6.45, 7) is 4.18. The zero-order valence-corrected chi connectivity index (χ0v) is 12.3. The molecule has 0 aliphatic heterocycles. The number of nitrogens with two attached hydrogens (primary N) is 1. The molecular weight excluding hydrogens is 232 g/mol. The number of carbonyl (C=O) groups is 1. The predicted octanol–water partition coefficient (Wildman–Crippen LogP) is 2.10. The van der Waals surface area contributed by atoms with Gasteiger partial charge < -0.3 is 10.6 Å². The van der Waals surface area contributed by atoms with Gasteiger partial charge in [0.15, 0.2) is 0 Å². The van der Waals surface area contributed by atoms with Gasteiger partial charge in [-0.3, -0.25) is 4.79 Å². The van der Waals surface area contributed by atoms with E-state index in [4.69, 9.17) is 5.73 Å². The molecule has 1 aliphatic carbocycles. The van der Waals surface area contributed by atoms with Crippen LogP contribution in [0.15, 0.2) is 0 Å². The number of rotatable bonds is 5. The van der Waals surface area contributed by atoms with Crippen LogP contribution in [-0.2, 0) is 4.79 Å². The van der Waals surface area contributed by atoms with Crippen LogP contribution < -0.4 is 5.73 Å². The van der Waals surface area contributed by atoms with Crippen molar-refractivity contribution in [3.63, 3.8) is 0 Å². The van der Waals surface area contributed by atoms with E-state index in [1.807, 2.05) is 18.9 Å². The van der Waals surface area contributed by atoms with Crippen LogP contribution in [0.4, 0.5) is 0 Å². The molecule has 0 aromatic heterocycles. The number of carbonyl (C=O) groups excluding carboxylic acids is 1. The molecule has 1 rings (SSSR count). The van der Waals surface area contributed by atoms with Crippen LogP contribution in [0.1, 0.15) is 39.5 Å². The highest BCUT2D eigenvalue weighted by Gasteiger charge is 2.45. The molecule has 0 radical (unpaired) electrons. The first-order valence-corrected chi connectivity index (χ1v) is 7.88. The van der Waals surface area contributed by atoms with Crippen molar-refractivity contribution in [2.75, 3.05) is 19.1 Å². The molecular formula is C13H26N2OS. The summed E-state index contributed by atoms with van der Waals surface area (Å²) in [5.41, 5.74) is 5.78. The highest BCUT2D eigenvalue weighted by molar-refractivity contribution is 7.98. The molecule has 1 saturated carbocycles. The van der Waals surface area contributed by atoms with Gasteiger partial charge in [0.05, 0.1) is 5.41 Å². The molecule has 0 aromatic rings. The van der Waals surface area contributed by atoms with E-state index >= 15 is 0 Å². The third-order valence-corrected chi connectivity index (χ3v) is 4.93. The highest BCUT2D eigenvalue weighted by Crippen LogP contribution is 2.38. The van der Waals surface area contributed by atoms with Gasteiger partial charge in [0, 0.05) is 24.9 Å². The Morgan fingerprint density at radius 1 is 1.65 bits per heavy atom. The maximum atomic E-state index is 12.6. The summed E-state index contributed by atoms with van der Waals surface area (Å²) in [7, 11) is 1.93. The largest absolute Gasteiger partial charge is 0.341 e. The molecule has 3 unspecified atom stereocenters. The Hall–Kier alpha value is -0.220. The SMILES string of the molecule is CCC(CSC)N(C)C(=O)C1(C)CCCC1N. The van der Waals surface area contributed by atoms with Crippen molar-refractivity contribution < 1.29 is 4.79 Å². The normalized spacial score (nSPS) is 30.3. The van der Waals surface area contributed by atoms with Crippen molar-refractivity contribution >= 4 is 17.7 Å². The number of thioether (sulfide) groups is 1. The lowest BCUT2D eigenvalue weighted by Crippen LogP contribution is -2.51. The van der Waals surface area contributed by atoms with Crippen LogP contribution in [0.25, 0.3) is 0 Å². The summed E-state index contributed by atoms with van der Waals surface area (Å²) < 4.78 is 0. The van der Waals surface area contributed by atoms with E-state index in [0.717, 1.165) is 31.4 Å². The van der Waals surface area contributed by atoms with Gasteiger partial charge in [0.1, 0.15) is 0 Å². The van der Waals surface area contributed by atoms with Crippen LogP contribution >= 0.6 is 11.8 Å². The van der Waals surface area contributed by atoms with Gasteiger partial charge in [0.2, 0.25) is 5.91 Å². The monoisotopic (exact) mass is 258 g/mol. The van der Waals surface area contributed by atoms with Crippen LogP contribution in [-0.4, -0.2) is 41.9 Å². The second-order valence-corrected chi connectivity index (χ2v) is 6.26. The lowest BCUT2D eigenvalue weighted by atomic mass is 9.83. The molecule has 3 nitrogen and oxygen atoms in total. The molecule has 0 saturated heterocycles. The van der Waals surface area contributed by atoms with E-state index in [2.05, 4.69) is 13.2 Å². The van der Waals surface area contributed by atoms with Crippen molar-refractivity contribution in [3.8, 4) is 0 Å². The molecule has 1 aliphatic rings. The Kier molecular flexibility index (Phi) is 5.32. The fraction of sp³-hybridized carbons (Fsp3) is 0.923. The Morgan fingerprint density at radius 2 is 2.29 bits per heavy atom. The summed E-state index contributed by atoms with van der Waals surface area (Å²) >= 11 is 1.80. The van der Waals surface area contributed by atoms with Crippen LogP contribution in [0.3, 0.4) is 0 Å². The topological polar surface area (TPSA) is 46.3 Å². The van der Waals surface area contributed by atoms with Gasteiger partial charge in [-0.25, -0.2) is 0 Å². The molecule has 3 atom stereocenters. The first-order valence-electron chi connectivity index (χ1n) is 6.49. The number of nitrogens with zero attached hydrogens (tertiary/aromatic N) is 1. The fourth-order valence-corrected chi connectivity index (χ4v) is 3.57. The zero-order valence-electron chi connectivity index (χ0n) is 11.5. The second-order valence-electron chi connectivity index (χ2n) is 5.35. The Balaban J connectivity index is 2.74. The Bertz CT molecular complexity index is 272. The van der Waals surface area contributed by atoms with Gasteiger partial charge in [-0.1, -0.05) is 13.3 Å². The number of hydrogen-bond acceptors (Lipinski definition) is 3. The molecule has 1 amide bonds. The first-order chi connectivity index (χ1) is 7.97. The minimum Gasteiger partial charge on any atom is -0.341 e. The van der Waals surface area contributed by atoms with E-state index in [0.29, 0.717) is 6.04 Å². The minimum absolute atomic E-state index is 0.0317. The molecule has 0 spiro atoms. The van der Waals surface area contributed by atoms with E-state index < -0.39 is 0 Å². The van der Waals surface area contributed by atoms with E-state index in [1.165, 1.54) is 0 Å². The summed E-state index contributed by atoms with van der Waals surface area (Å²) in [6, 6.07) is 0.367. The van der Waals surface area contributed by atoms with E-state index in [-0.39, 0.29) is 17.4 Å². The first kappa shape index (κ1) is 14.8. The molecule has 1 fully saturated rings. The molecule has 0 bridgehead atoms. The summed E-state index contributed by atoms with van der Waals surface area (Å²) in [4.78, 5) is 14.5. The summed E-state index contributed by atoms with van der Waals surface area (Å²) in [5.74, 6) is 1.24. The van der Waals surface area contributed by atoms with Crippen LogP contribution in [0, 0.1) is 5.41 Å².